The van der Waals surface area contributed by atoms with Crippen LogP contribution in [0.1, 0.15) is 5.56 Å². The van der Waals surface area contributed by atoms with E-state index in [1.54, 1.807) is 0 Å². The summed E-state index contributed by atoms with van der Waals surface area (Å²) >= 11 is 0. The van der Waals surface area contributed by atoms with Crippen LogP contribution in [0.4, 0.5) is 18.9 Å². The number of esters is 1. The van der Waals surface area contributed by atoms with Gasteiger partial charge < -0.3 is 24.6 Å². The fraction of sp³-hybridized carbons (Fsp3) is 0.278. The number of hydrogen-bond donors (Lipinski definition) is 2. The summed E-state index contributed by atoms with van der Waals surface area (Å²) in [4.78, 5) is 29.5. The summed E-state index contributed by atoms with van der Waals surface area (Å²) in [6, 6.07) is 3.43. The highest BCUT2D eigenvalue weighted by Crippen LogP contribution is 2.36. The molecule has 0 aliphatic carbocycles. The molecule has 0 fully saturated rings. The molecule has 0 radical (unpaired) electrons. The molecule has 1 amide bonds. The van der Waals surface area contributed by atoms with Gasteiger partial charge in [0.1, 0.15) is 5.70 Å². The molecule has 2 aromatic rings. The standard InChI is InChI=1S/C18H17F3N4O4/c1-29-17(28)12-9-24(6-7-26)16(27)15(12)23-11-2-3-14(25-5-4-22-10-25)13(8-11)18(19,20)21/h2-5,8,10,23,26H,6-7,9H2,1H3. The Morgan fingerprint density at radius 2 is 2.14 bits per heavy atom. The van der Waals surface area contributed by atoms with Gasteiger partial charge in [-0.25, -0.2) is 9.78 Å². The molecule has 1 aliphatic heterocycles. The van der Waals surface area contributed by atoms with Gasteiger partial charge in [-0.1, -0.05) is 0 Å². The molecule has 1 aliphatic rings. The smallest absolute Gasteiger partial charge is 0.418 e. The van der Waals surface area contributed by atoms with Crippen LogP contribution in [0.15, 0.2) is 48.2 Å². The molecular weight excluding hydrogens is 393 g/mol. The molecule has 0 unspecified atom stereocenters. The third-order valence-corrected chi connectivity index (χ3v) is 4.31. The Hall–Kier alpha value is -3.34. The molecule has 0 spiro atoms. The van der Waals surface area contributed by atoms with Gasteiger partial charge >= 0.3 is 12.1 Å². The first kappa shape index (κ1) is 20.4. The third kappa shape index (κ3) is 4.09. The Morgan fingerprint density at radius 1 is 1.38 bits per heavy atom. The number of imidazole rings is 1. The zero-order valence-electron chi connectivity index (χ0n) is 15.2. The highest BCUT2D eigenvalue weighted by Gasteiger charge is 2.36. The summed E-state index contributed by atoms with van der Waals surface area (Å²) in [5.41, 5.74) is -1.33. The average Bonchev–Trinajstić information content (AvgIpc) is 3.31. The first-order chi connectivity index (χ1) is 13.8. The van der Waals surface area contributed by atoms with Gasteiger partial charge in [0, 0.05) is 24.6 Å². The van der Waals surface area contributed by atoms with Gasteiger partial charge in [-0.3, -0.25) is 4.79 Å². The predicted octanol–water partition coefficient (Wildman–Crippen LogP) is 1.56. The number of halogens is 3. The topological polar surface area (TPSA) is 96.7 Å². The number of anilines is 1. The number of aliphatic hydroxyl groups excluding tert-OH is 1. The van der Waals surface area contributed by atoms with Gasteiger partial charge in [0.05, 0.1) is 43.4 Å². The van der Waals surface area contributed by atoms with Gasteiger partial charge in [-0.2, -0.15) is 13.2 Å². The van der Waals surface area contributed by atoms with E-state index in [4.69, 9.17) is 5.11 Å². The van der Waals surface area contributed by atoms with E-state index in [0.717, 1.165) is 13.2 Å². The van der Waals surface area contributed by atoms with E-state index in [9.17, 15) is 22.8 Å². The van der Waals surface area contributed by atoms with Crippen molar-refractivity contribution in [1.82, 2.24) is 14.5 Å². The highest BCUT2D eigenvalue weighted by atomic mass is 19.4. The third-order valence-electron chi connectivity index (χ3n) is 4.31. The summed E-state index contributed by atoms with van der Waals surface area (Å²) in [6.07, 6.45) is -0.697. The maximum Gasteiger partial charge on any atom is 0.418 e. The number of nitrogens with zero attached hydrogens (tertiary/aromatic N) is 3. The van der Waals surface area contributed by atoms with Crippen LogP contribution >= 0.6 is 0 Å². The fourth-order valence-corrected chi connectivity index (χ4v) is 2.96. The molecule has 154 valence electrons. The number of carbonyl (C=O) groups is 2. The number of hydrogen-bond acceptors (Lipinski definition) is 6. The van der Waals surface area contributed by atoms with E-state index < -0.39 is 23.6 Å². The highest BCUT2D eigenvalue weighted by molar-refractivity contribution is 6.08. The Kier molecular flexibility index (Phi) is 5.59. The Balaban J connectivity index is 2.00. The van der Waals surface area contributed by atoms with E-state index in [1.165, 1.54) is 40.3 Å². The van der Waals surface area contributed by atoms with Crippen molar-refractivity contribution in [2.75, 3.05) is 32.1 Å². The molecular formula is C18H17F3N4O4. The summed E-state index contributed by atoms with van der Waals surface area (Å²) in [5.74, 6) is -1.40. The predicted molar refractivity (Wildman–Crippen MR) is 94.9 cm³/mol. The van der Waals surface area contributed by atoms with Crippen LogP contribution in [0.3, 0.4) is 0 Å². The lowest BCUT2D eigenvalue weighted by Gasteiger charge is -2.17. The average molecular weight is 410 g/mol. The van der Waals surface area contributed by atoms with Gasteiger partial charge in [0.25, 0.3) is 5.91 Å². The van der Waals surface area contributed by atoms with Crippen LogP contribution < -0.4 is 5.32 Å². The van der Waals surface area contributed by atoms with Crippen LogP contribution in [0, 0.1) is 0 Å². The van der Waals surface area contributed by atoms with E-state index in [2.05, 4.69) is 15.0 Å². The number of ether oxygens (including phenoxy) is 1. The van der Waals surface area contributed by atoms with E-state index in [1.807, 2.05) is 0 Å². The molecule has 0 saturated carbocycles. The summed E-state index contributed by atoms with van der Waals surface area (Å²) < 4.78 is 46.6. The second-order valence-electron chi connectivity index (χ2n) is 6.12. The number of amides is 1. The second-order valence-corrected chi connectivity index (χ2v) is 6.12. The van der Waals surface area contributed by atoms with E-state index >= 15 is 0 Å². The van der Waals surface area contributed by atoms with Crippen LogP contribution in [0.25, 0.3) is 5.69 Å². The van der Waals surface area contributed by atoms with Crippen molar-refractivity contribution in [1.29, 1.82) is 0 Å². The second kappa shape index (κ2) is 7.95. The first-order valence-corrected chi connectivity index (χ1v) is 8.44. The molecule has 29 heavy (non-hydrogen) atoms. The molecule has 2 N–H and O–H groups in total. The summed E-state index contributed by atoms with van der Waals surface area (Å²) in [7, 11) is 1.13. The Labute approximate surface area is 163 Å². The maximum atomic E-state index is 13.6. The minimum absolute atomic E-state index is 0.0294. The molecule has 0 bridgehead atoms. The summed E-state index contributed by atoms with van der Waals surface area (Å²) in [6.45, 7) is -0.475. The normalized spacial score (nSPS) is 14.5. The molecule has 3 rings (SSSR count). The Morgan fingerprint density at radius 3 is 2.72 bits per heavy atom. The van der Waals surface area contributed by atoms with E-state index in [-0.39, 0.29) is 42.3 Å². The maximum absolute atomic E-state index is 13.6. The number of aromatic nitrogens is 2. The van der Waals surface area contributed by atoms with Crippen LogP contribution in [0.5, 0.6) is 0 Å². The van der Waals surface area contributed by atoms with Crippen molar-refractivity contribution in [3.8, 4) is 5.69 Å². The molecule has 1 aromatic carbocycles. The van der Waals surface area contributed by atoms with Crippen LogP contribution in [0.2, 0.25) is 0 Å². The van der Waals surface area contributed by atoms with Crippen molar-refractivity contribution in [2.24, 2.45) is 0 Å². The summed E-state index contributed by atoms with van der Waals surface area (Å²) in [5, 5.41) is 11.7. The number of nitrogens with one attached hydrogen (secondary N) is 1. The van der Waals surface area contributed by atoms with Crippen molar-refractivity contribution < 1.29 is 32.6 Å². The van der Waals surface area contributed by atoms with Gasteiger partial charge in [-0.05, 0) is 18.2 Å². The van der Waals surface area contributed by atoms with Crippen LogP contribution in [-0.2, 0) is 20.5 Å². The minimum Gasteiger partial charge on any atom is -0.466 e. The van der Waals surface area contributed by atoms with Crippen molar-refractivity contribution in [2.45, 2.75) is 6.18 Å². The monoisotopic (exact) mass is 410 g/mol. The zero-order chi connectivity index (χ0) is 21.2. The van der Waals surface area contributed by atoms with Gasteiger partial charge in [0.15, 0.2) is 0 Å². The molecule has 0 saturated heterocycles. The SMILES string of the molecule is COC(=O)C1=C(Nc2ccc(-n3ccnc3)c(C(F)(F)F)c2)C(=O)N(CCO)C1. The molecule has 0 atom stereocenters. The number of alkyl halides is 3. The zero-order valence-corrected chi connectivity index (χ0v) is 15.2. The van der Waals surface area contributed by atoms with Crippen molar-refractivity contribution >= 4 is 17.6 Å². The van der Waals surface area contributed by atoms with Gasteiger partial charge in [0.2, 0.25) is 0 Å². The Bertz CT molecular complexity index is 955. The molecule has 11 heteroatoms. The van der Waals surface area contributed by atoms with Crippen LogP contribution in [-0.4, -0.2) is 58.2 Å². The number of methoxy groups -OCH3 is 1. The number of benzene rings is 1. The number of rotatable bonds is 6. The minimum atomic E-state index is -4.67. The van der Waals surface area contributed by atoms with Crippen molar-refractivity contribution in [3.63, 3.8) is 0 Å². The lowest BCUT2D eigenvalue weighted by molar-refractivity contribution is -0.138. The number of aliphatic hydroxyl groups is 1. The number of β-amino-alcohol motifs (C(OH)–C–C–N with tert-alkyl or cyclic N) is 1. The lowest BCUT2D eigenvalue weighted by Crippen LogP contribution is -2.31. The molecule has 2 heterocycles. The lowest BCUT2D eigenvalue weighted by atomic mass is 10.1. The molecule has 1 aromatic heterocycles. The molecule has 8 nitrogen and oxygen atoms in total. The quantitative estimate of drug-likeness (QED) is 0.702. The largest absolute Gasteiger partial charge is 0.466 e. The first-order valence-electron chi connectivity index (χ1n) is 8.44. The van der Waals surface area contributed by atoms with Gasteiger partial charge in [-0.15, -0.1) is 0 Å². The van der Waals surface area contributed by atoms with E-state index in [0.29, 0.717) is 0 Å². The number of carbonyl (C=O) groups excluding carboxylic acids is 2. The van der Waals surface area contributed by atoms with Crippen molar-refractivity contribution in [3.05, 3.63) is 53.8 Å². The fourth-order valence-electron chi connectivity index (χ4n) is 2.96.